The van der Waals surface area contributed by atoms with Crippen LogP contribution >= 0.6 is 15.9 Å². The molecule has 98 valence electrons. The topological polar surface area (TPSA) is 50.3 Å². The molecule has 2 unspecified atom stereocenters. The van der Waals surface area contributed by atoms with Gasteiger partial charge in [-0.05, 0) is 47.3 Å². The molecule has 2 fully saturated rings. The van der Waals surface area contributed by atoms with Gasteiger partial charge in [-0.2, -0.15) is 4.98 Å². The molecule has 1 N–H and O–H groups in total. The van der Waals surface area contributed by atoms with Gasteiger partial charge in [0.25, 0.3) is 0 Å². The van der Waals surface area contributed by atoms with Gasteiger partial charge in [0.1, 0.15) is 0 Å². The standard InChI is InChI=1S/C12H17BrN4O/c1-18-11-10(13)6-15-12(16-11)17-3-2-8-4-14-5-9(8)7-17/h6,8-9,14H,2-5,7H2,1H3. The lowest BCUT2D eigenvalue weighted by Gasteiger charge is -2.34. The molecule has 0 bridgehead atoms. The summed E-state index contributed by atoms with van der Waals surface area (Å²) < 4.78 is 6.02. The van der Waals surface area contributed by atoms with E-state index in [9.17, 15) is 0 Å². The lowest BCUT2D eigenvalue weighted by Crippen LogP contribution is -2.40. The zero-order valence-electron chi connectivity index (χ0n) is 10.4. The Labute approximate surface area is 115 Å². The van der Waals surface area contributed by atoms with Gasteiger partial charge in [-0.3, -0.25) is 0 Å². The fraction of sp³-hybridized carbons (Fsp3) is 0.667. The molecule has 1 aromatic rings. The SMILES string of the molecule is COc1nc(N2CCC3CNCC3C2)ncc1Br. The highest BCUT2D eigenvalue weighted by Crippen LogP contribution is 2.30. The molecule has 6 heteroatoms. The second-order valence-electron chi connectivity index (χ2n) is 4.94. The summed E-state index contributed by atoms with van der Waals surface area (Å²) in [5.41, 5.74) is 0. The number of methoxy groups -OCH3 is 1. The minimum Gasteiger partial charge on any atom is -0.480 e. The summed E-state index contributed by atoms with van der Waals surface area (Å²) in [6.45, 7) is 4.37. The van der Waals surface area contributed by atoms with Crippen molar-refractivity contribution in [3.8, 4) is 5.88 Å². The first-order valence-electron chi connectivity index (χ1n) is 6.30. The zero-order chi connectivity index (χ0) is 12.5. The molecule has 5 nitrogen and oxygen atoms in total. The molecule has 0 spiro atoms. The van der Waals surface area contributed by atoms with Gasteiger partial charge in [-0.25, -0.2) is 4.98 Å². The van der Waals surface area contributed by atoms with Crippen LogP contribution in [0.1, 0.15) is 6.42 Å². The third-order valence-corrected chi connectivity index (χ3v) is 4.42. The Bertz CT molecular complexity index is 442. The quantitative estimate of drug-likeness (QED) is 0.892. The van der Waals surface area contributed by atoms with Crippen LogP contribution in [-0.4, -0.2) is 43.3 Å². The Morgan fingerprint density at radius 1 is 1.44 bits per heavy atom. The predicted molar refractivity (Wildman–Crippen MR) is 73.0 cm³/mol. The highest BCUT2D eigenvalue weighted by atomic mass is 79.9. The molecule has 2 aliphatic heterocycles. The van der Waals surface area contributed by atoms with Crippen molar-refractivity contribution in [1.29, 1.82) is 0 Å². The molecule has 2 saturated heterocycles. The van der Waals surface area contributed by atoms with Gasteiger partial charge in [0.15, 0.2) is 0 Å². The van der Waals surface area contributed by atoms with E-state index in [1.165, 1.54) is 13.0 Å². The Morgan fingerprint density at radius 3 is 3.11 bits per heavy atom. The third kappa shape index (κ3) is 2.19. The molecule has 0 radical (unpaired) electrons. The summed E-state index contributed by atoms with van der Waals surface area (Å²) in [6.07, 6.45) is 2.99. The molecular weight excluding hydrogens is 296 g/mol. The van der Waals surface area contributed by atoms with Crippen molar-refractivity contribution in [2.75, 3.05) is 38.2 Å². The first-order valence-corrected chi connectivity index (χ1v) is 7.09. The molecule has 2 aliphatic rings. The molecule has 0 aliphatic carbocycles. The van der Waals surface area contributed by atoms with Crippen LogP contribution in [0.5, 0.6) is 5.88 Å². The van der Waals surface area contributed by atoms with Gasteiger partial charge in [0.05, 0.1) is 17.8 Å². The third-order valence-electron chi connectivity index (χ3n) is 3.88. The smallest absolute Gasteiger partial charge is 0.232 e. The van der Waals surface area contributed by atoms with Crippen LogP contribution in [0.3, 0.4) is 0 Å². The van der Waals surface area contributed by atoms with E-state index in [1.807, 2.05) is 0 Å². The number of fused-ring (bicyclic) bond motifs is 1. The van der Waals surface area contributed by atoms with E-state index in [0.717, 1.165) is 41.9 Å². The molecule has 0 aromatic carbocycles. The van der Waals surface area contributed by atoms with Gasteiger partial charge in [0.2, 0.25) is 11.8 Å². The summed E-state index contributed by atoms with van der Waals surface area (Å²) >= 11 is 3.38. The summed E-state index contributed by atoms with van der Waals surface area (Å²) in [5, 5.41) is 3.47. The monoisotopic (exact) mass is 312 g/mol. The van der Waals surface area contributed by atoms with Crippen LogP contribution in [0.25, 0.3) is 0 Å². The summed E-state index contributed by atoms with van der Waals surface area (Å²) in [4.78, 5) is 11.1. The number of aromatic nitrogens is 2. The number of nitrogens with one attached hydrogen (secondary N) is 1. The minimum absolute atomic E-state index is 0.603. The van der Waals surface area contributed by atoms with Gasteiger partial charge < -0.3 is 15.0 Å². The molecule has 2 atom stereocenters. The number of anilines is 1. The van der Waals surface area contributed by atoms with Crippen LogP contribution in [0.15, 0.2) is 10.7 Å². The predicted octanol–water partition coefficient (Wildman–Crippen LogP) is 1.29. The highest BCUT2D eigenvalue weighted by Gasteiger charge is 2.33. The molecular formula is C12H17BrN4O. The van der Waals surface area contributed by atoms with E-state index < -0.39 is 0 Å². The lowest BCUT2D eigenvalue weighted by molar-refractivity contribution is 0.344. The number of halogens is 1. The summed E-state index contributed by atoms with van der Waals surface area (Å²) in [7, 11) is 1.63. The van der Waals surface area contributed by atoms with Gasteiger partial charge in [-0.1, -0.05) is 0 Å². The van der Waals surface area contributed by atoms with E-state index in [2.05, 4.69) is 36.1 Å². The first kappa shape index (κ1) is 12.2. The van der Waals surface area contributed by atoms with Crippen LogP contribution in [0.2, 0.25) is 0 Å². The Hall–Kier alpha value is -0.880. The minimum atomic E-state index is 0.603. The largest absolute Gasteiger partial charge is 0.480 e. The van der Waals surface area contributed by atoms with Crippen LogP contribution in [0.4, 0.5) is 5.95 Å². The van der Waals surface area contributed by atoms with Crippen molar-refractivity contribution in [3.63, 3.8) is 0 Å². The number of ether oxygens (including phenoxy) is 1. The maximum atomic E-state index is 5.23. The van der Waals surface area contributed by atoms with E-state index >= 15 is 0 Å². The highest BCUT2D eigenvalue weighted by molar-refractivity contribution is 9.10. The number of hydrogen-bond acceptors (Lipinski definition) is 5. The van der Waals surface area contributed by atoms with Crippen molar-refractivity contribution in [2.24, 2.45) is 11.8 Å². The van der Waals surface area contributed by atoms with Crippen LogP contribution < -0.4 is 15.0 Å². The fourth-order valence-corrected chi connectivity index (χ4v) is 3.21. The second kappa shape index (κ2) is 5.01. The van der Waals surface area contributed by atoms with Gasteiger partial charge >= 0.3 is 0 Å². The van der Waals surface area contributed by atoms with E-state index in [1.54, 1.807) is 13.3 Å². The molecule has 18 heavy (non-hydrogen) atoms. The van der Waals surface area contributed by atoms with Crippen molar-refractivity contribution < 1.29 is 4.74 Å². The Kier molecular flexibility index (Phi) is 3.39. The Balaban J connectivity index is 1.78. The summed E-state index contributed by atoms with van der Waals surface area (Å²) in [5.74, 6) is 2.95. The van der Waals surface area contributed by atoms with Gasteiger partial charge in [-0.15, -0.1) is 0 Å². The van der Waals surface area contributed by atoms with E-state index in [4.69, 9.17) is 4.74 Å². The van der Waals surface area contributed by atoms with Gasteiger partial charge in [0, 0.05) is 13.1 Å². The molecule has 0 amide bonds. The molecule has 3 rings (SSSR count). The molecule has 3 heterocycles. The van der Waals surface area contributed by atoms with Crippen LogP contribution in [0, 0.1) is 11.8 Å². The Morgan fingerprint density at radius 2 is 2.28 bits per heavy atom. The first-order chi connectivity index (χ1) is 8.78. The number of hydrogen-bond donors (Lipinski definition) is 1. The van der Waals surface area contributed by atoms with E-state index in [0.29, 0.717) is 5.88 Å². The van der Waals surface area contributed by atoms with Crippen molar-refractivity contribution in [3.05, 3.63) is 10.7 Å². The number of rotatable bonds is 2. The number of piperidine rings is 1. The van der Waals surface area contributed by atoms with E-state index in [-0.39, 0.29) is 0 Å². The van der Waals surface area contributed by atoms with Crippen molar-refractivity contribution in [2.45, 2.75) is 6.42 Å². The average Bonchev–Trinajstić information content (AvgIpc) is 2.86. The van der Waals surface area contributed by atoms with Crippen molar-refractivity contribution in [1.82, 2.24) is 15.3 Å². The van der Waals surface area contributed by atoms with Crippen LogP contribution in [-0.2, 0) is 0 Å². The maximum Gasteiger partial charge on any atom is 0.232 e. The summed E-state index contributed by atoms with van der Waals surface area (Å²) in [6, 6.07) is 0. The normalized spacial score (nSPS) is 27.1. The van der Waals surface area contributed by atoms with Crippen molar-refractivity contribution >= 4 is 21.9 Å². The maximum absolute atomic E-state index is 5.23. The molecule has 1 aromatic heterocycles. The average molecular weight is 313 g/mol. The zero-order valence-corrected chi connectivity index (χ0v) is 12.0. The molecule has 0 saturated carbocycles. The lowest BCUT2D eigenvalue weighted by atomic mass is 9.89. The number of nitrogens with zero attached hydrogens (tertiary/aromatic N) is 3. The second-order valence-corrected chi connectivity index (χ2v) is 5.79. The fourth-order valence-electron chi connectivity index (χ4n) is 2.85.